The molecule has 1 saturated carbocycles. The standard InChI is InChI=1S/C11H10BrNO2S/c12-8-1-6-16-9(8)10(14)15-7-11(2-3-11)4-5-13/h1,6H,2-4,7H2. The van der Waals surface area contributed by atoms with Crippen LogP contribution in [0.15, 0.2) is 15.9 Å². The van der Waals surface area contributed by atoms with Gasteiger partial charge in [0.25, 0.3) is 0 Å². The Kier molecular flexibility index (Phi) is 3.31. The van der Waals surface area contributed by atoms with E-state index in [9.17, 15) is 4.79 Å². The Hall–Kier alpha value is -0.860. The fourth-order valence-corrected chi connectivity index (χ4v) is 2.87. The molecule has 16 heavy (non-hydrogen) atoms. The van der Waals surface area contributed by atoms with Crippen molar-refractivity contribution in [1.82, 2.24) is 0 Å². The molecule has 0 spiro atoms. The zero-order valence-corrected chi connectivity index (χ0v) is 10.9. The van der Waals surface area contributed by atoms with E-state index >= 15 is 0 Å². The topological polar surface area (TPSA) is 50.1 Å². The smallest absolute Gasteiger partial charge is 0.349 e. The molecule has 2 rings (SSSR count). The number of carbonyl (C=O) groups is 1. The molecule has 1 aromatic heterocycles. The highest BCUT2D eigenvalue weighted by atomic mass is 79.9. The van der Waals surface area contributed by atoms with Gasteiger partial charge in [-0.25, -0.2) is 4.79 Å². The van der Waals surface area contributed by atoms with E-state index < -0.39 is 0 Å². The van der Waals surface area contributed by atoms with Crippen LogP contribution < -0.4 is 0 Å². The summed E-state index contributed by atoms with van der Waals surface area (Å²) in [6, 6.07) is 3.97. The highest BCUT2D eigenvalue weighted by Gasteiger charge is 2.43. The van der Waals surface area contributed by atoms with Gasteiger partial charge in [0, 0.05) is 16.3 Å². The van der Waals surface area contributed by atoms with E-state index in [2.05, 4.69) is 22.0 Å². The number of thiophene rings is 1. The maximum Gasteiger partial charge on any atom is 0.349 e. The van der Waals surface area contributed by atoms with Crippen LogP contribution in [-0.2, 0) is 4.74 Å². The third kappa shape index (κ3) is 2.45. The van der Waals surface area contributed by atoms with E-state index in [1.807, 2.05) is 11.4 Å². The maximum atomic E-state index is 11.7. The second kappa shape index (κ2) is 4.56. The van der Waals surface area contributed by atoms with E-state index in [0.29, 0.717) is 17.9 Å². The molecule has 1 aliphatic carbocycles. The molecule has 1 aliphatic rings. The van der Waals surface area contributed by atoms with Crippen LogP contribution in [0, 0.1) is 16.7 Å². The normalized spacial score (nSPS) is 16.5. The zero-order chi connectivity index (χ0) is 11.6. The average molecular weight is 300 g/mol. The molecule has 5 heteroatoms. The number of nitrogens with zero attached hydrogens (tertiary/aromatic N) is 1. The summed E-state index contributed by atoms with van der Waals surface area (Å²) in [4.78, 5) is 12.3. The molecule has 84 valence electrons. The Morgan fingerprint density at radius 3 is 2.94 bits per heavy atom. The Bertz CT molecular complexity index is 445. The molecular weight excluding hydrogens is 290 g/mol. The molecule has 0 unspecified atom stereocenters. The van der Waals surface area contributed by atoms with Crippen molar-refractivity contribution in [3.63, 3.8) is 0 Å². The highest BCUT2D eigenvalue weighted by Crippen LogP contribution is 2.48. The summed E-state index contributed by atoms with van der Waals surface area (Å²) in [5.74, 6) is -0.300. The largest absolute Gasteiger partial charge is 0.461 e. The Balaban J connectivity index is 1.90. The lowest BCUT2D eigenvalue weighted by Gasteiger charge is -2.10. The van der Waals surface area contributed by atoms with Crippen LogP contribution in [0.5, 0.6) is 0 Å². The van der Waals surface area contributed by atoms with Crippen LogP contribution in [0.4, 0.5) is 0 Å². The maximum absolute atomic E-state index is 11.7. The SMILES string of the molecule is N#CCC1(COC(=O)c2sccc2Br)CC1. The Morgan fingerprint density at radius 1 is 1.69 bits per heavy atom. The second-order valence-electron chi connectivity index (χ2n) is 4.01. The first-order valence-corrected chi connectivity index (χ1v) is 6.61. The lowest BCUT2D eigenvalue weighted by molar-refractivity contribution is 0.0424. The van der Waals surface area contributed by atoms with Crippen LogP contribution in [0.2, 0.25) is 0 Å². The molecule has 0 aromatic carbocycles. The summed E-state index contributed by atoms with van der Waals surface area (Å²) < 4.78 is 6.01. The molecule has 0 saturated heterocycles. The van der Waals surface area contributed by atoms with Gasteiger partial charge in [0.15, 0.2) is 0 Å². The molecule has 0 radical (unpaired) electrons. The summed E-state index contributed by atoms with van der Waals surface area (Å²) in [6.07, 6.45) is 2.45. The van der Waals surface area contributed by atoms with Gasteiger partial charge >= 0.3 is 5.97 Å². The van der Waals surface area contributed by atoms with E-state index in [0.717, 1.165) is 17.3 Å². The van der Waals surface area contributed by atoms with Crippen molar-refractivity contribution < 1.29 is 9.53 Å². The van der Waals surface area contributed by atoms with Gasteiger partial charge in [-0.05, 0) is 40.2 Å². The molecule has 0 N–H and O–H groups in total. The minimum Gasteiger partial charge on any atom is -0.461 e. The van der Waals surface area contributed by atoms with E-state index in [4.69, 9.17) is 10.00 Å². The fraction of sp³-hybridized carbons (Fsp3) is 0.455. The van der Waals surface area contributed by atoms with Gasteiger partial charge < -0.3 is 4.74 Å². The van der Waals surface area contributed by atoms with Crippen molar-refractivity contribution in [3.05, 3.63) is 20.8 Å². The molecule has 1 aromatic rings. The first-order valence-electron chi connectivity index (χ1n) is 4.94. The lowest BCUT2D eigenvalue weighted by Crippen LogP contribution is -2.14. The van der Waals surface area contributed by atoms with Crippen LogP contribution in [-0.4, -0.2) is 12.6 Å². The summed E-state index contributed by atoms with van der Waals surface area (Å²) in [5, 5.41) is 10.5. The monoisotopic (exact) mass is 299 g/mol. The van der Waals surface area contributed by atoms with Crippen LogP contribution in [0.25, 0.3) is 0 Å². The van der Waals surface area contributed by atoms with Crippen LogP contribution in [0.1, 0.15) is 28.9 Å². The van der Waals surface area contributed by atoms with Crippen molar-refractivity contribution in [2.45, 2.75) is 19.3 Å². The molecule has 1 heterocycles. The molecule has 0 amide bonds. The number of nitriles is 1. The lowest BCUT2D eigenvalue weighted by atomic mass is 10.1. The average Bonchev–Trinajstić information content (AvgIpc) is 2.89. The van der Waals surface area contributed by atoms with Crippen molar-refractivity contribution in [2.24, 2.45) is 5.41 Å². The van der Waals surface area contributed by atoms with E-state index in [-0.39, 0.29) is 11.4 Å². The van der Waals surface area contributed by atoms with Crippen molar-refractivity contribution in [2.75, 3.05) is 6.61 Å². The van der Waals surface area contributed by atoms with E-state index in [1.165, 1.54) is 11.3 Å². The number of hydrogen-bond acceptors (Lipinski definition) is 4. The Labute approximate surface area is 106 Å². The van der Waals surface area contributed by atoms with Gasteiger partial charge in [-0.2, -0.15) is 5.26 Å². The van der Waals surface area contributed by atoms with Gasteiger partial charge in [0.1, 0.15) is 4.88 Å². The Morgan fingerprint density at radius 2 is 2.44 bits per heavy atom. The highest BCUT2D eigenvalue weighted by molar-refractivity contribution is 9.10. The minimum atomic E-state index is -0.300. The summed E-state index contributed by atoms with van der Waals surface area (Å²) in [6.45, 7) is 0.365. The second-order valence-corrected chi connectivity index (χ2v) is 5.78. The van der Waals surface area contributed by atoms with Gasteiger partial charge in [-0.1, -0.05) is 0 Å². The first kappa shape index (κ1) is 11.6. The number of esters is 1. The molecule has 0 atom stereocenters. The van der Waals surface area contributed by atoms with Gasteiger partial charge in [-0.3, -0.25) is 0 Å². The van der Waals surface area contributed by atoms with Gasteiger partial charge in [0.2, 0.25) is 0 Å². The summed E-state index contributed by atoms with van der Waals surface area (Å²) in [5.41, 5.74) is -0.0475. The third-order valence-corrected chi connectivity index (χ3v) is 4.54. The quantitative estimate of drug-likeness (QED) is 0.801. The fourth-order valence-electron chi connectivity index (χ4n) is 1.44. The van der Waals surface area contributed by atoms with Crippen LogP contribution in [0.3, 0.4) is 0 Å². The number of carbonyl (C=O) groups excluding carboxylic acids is 1. The van der Waals surface area contributed by atoms with Crippen LogP contribution >= 0.6 is 27.3 Å². The first-order chi connectivity index (χ1) is 7.67. The number of rotatable bonds is 4. The van der Waals surface area contributed by atoms with Crippen molar-refractivity contribution >= 4 is 33.2 Å². The third-order valence-electron chi connectivity index (χ3n) is 2.72. The molecule has 1 fully saturated rings. The molecule has 0 aliphatic heterocycles. The van der Waals surface area contributed by atoms with Gasteiger partial charge in [-0.15, -0.1) is 11.3 Å². The summed E-state index contributed by atoms with van der Waals surface area (Å²) in [7, 11) is 0. The van der Waals surface area contributed by atoms with Crippen molar-refractivity contribution in [3.8, 4) is 6.07 Å². The molecule has 0 bridgehead atoms. The zero-order valence-electron chi connectivity index (χ0n) is 8.53. The predicted molar refractivity (Wildman–Crippen MR) is 64.2 cm³/mol. The van der Waals surface area contributed by atoms with Crippen molar-refractivity contribution in [1.29, 1.82) is 5.26 Å². The van der Waals surface area contributed by atoms with E-state index in [1.54, 1.807) is 0 Å². The number of ether oxygens (including phenoxy) is 1. The number of halogens is 1. The summed E-state index contributed by atoms with van der Waals surface area (Å²) >= 11 is 4.65. The predicted octanol–water partition coefficient (Wildman–Crippen LogP) is 3.36. The van der Waals surface area contributed by atoms with Gasteiger partial charge in [0.05, 0.1) is 12.7 Å². The number of hydrogen-bond donors (Lipinski definition) is 0. The molecular formula is C11H10BrNO2S. The molecule has 3 nitrogen and oxygen atoms in total. The minimum absolute atomic E-state index is 0.0475.